The average molecular weight is 458 g/mol. The number of aryl methyl sites for hydroxylation is 2. The van der Waals surface area contributed by atoms with Crippen molar-refractivity contribution in [1.29, 1.82) is 0 Å². The van der Waals surface area contributed by atoms with Crippen LogP contribution in [-0.2, 0) is 13.6 Å². The van der Waals surface area contributed by atoms with E-state index in [-0.39, 0.29) is 5.91 Å². The van der Waals surface area contributed by atoms with Gasteiger partial charge >= 0.3 is 0 Å². The number of methoxy groups -OCH3 is 1. The number of pyridine rings is 1. The molecule has 1 saturated carbocycles. The molecule has 4 heterocycles. The number of ether oxygens (including phenoxy) is 1. The maximum absolute atomic E-state index is 13.5. The summed E-state index contributed by atoms with van der Waals surface area (Å²) in [6.45, 7) is 6.86. The van der Waals surface area contributed by atoms with Gasteiger partial charge in [0, 0.05) is 43.8 Å². The maximum Gasteiger partial charge on any atom is 0.254 e. The normalized spacial score (nSPS) is 19.3. The van der Waals surface area contributed by atoms with Gasteiger partial charge in [0.15, 0.2) is 5.82 Å². The molecule has 7 nitrogen and oxygen atoms in total. The number of benzene rings is 1. The summed E-state index contributed by atoms with van der Waals surface area (Å²) in [4.78, 5) is 25.1. The first-order valence-electron chi connectivity index (χ1n) is 12.2. The van der Waals surface area contributed by atoms with Crippen LogP contribution in [0.15, 0.2) is 36.5 Å². The van der Waals surface area contributed by atoms with Gasteiger partial charge in [-0.05, 0) is 67.9 Å². The van der Waals surface area contributed by atoms with Crippen LogP contribution >= 0.6 is 0 Å². The molecule has 6 rings (SSSR count). The molecular formula is C27H31N5O2. The molecule has 2 fully saturated rings. The van der Waals surface area contributed by atoms with Gasteiger partial charge in [-0.2, -0.15) is 0 Å². The molecule has 1 saturated heterocycles. The van der Waals surface area contributed by atoms with Crippen molar-refractivity contribution in [1.82, 2.24) is 24.0 Å². The Morgan fingerprint density at radius 3 is 2.76 bits per heavy atom. The summed E-state index contributed by atoms with van der Waals surface area (Å²) in [5.41, 5.74) is 4.75. The highest BCUT2D eigenvalue weighted by atomic mass is 16.5. The van der Waals surface area contributed by atoms with Gasteiger partial charge in [-0.15, -0.1) is 0 Å². The standard InChI is InChI=1S/C27H31N5O2/c1-5-32-21(14-18-7-6-11-28-24(18)32)25-29-20-13-19(15-22(34-4)23(20)30(25)3)26(33)31-12-10-27(8-9-27)17(2)16-31/h6-7,11,13-15,17H,5,8-10,12,16H2,1-4H3. The number of hydrogen-bond donors (Lipinski definition) is 0. The number of carbonyl (C=O) groups is 1. The molecular weight excluding hydrogens is 426 g/mol. The van der Waals surface area contributed by atoms with Gasteiger partial charge in [-0.25, -0.2) is 9.97 Å². The fraction of sp³-hybridized carbons (Fsp3) is 0.444. The van der Waals surface area contributed by atoms with Crippen molar-refractivity contribution in [3.05, 3.63) is 42.1 Å². The highest BCUT2D eigenvalue weighted by Gasteiger charge is 2.50. The van der Waals surface area contributed by atoms with Crippen molar-refractivity contribution in [2.75, 3.05) is 20.2 Å². The van der Waals surface area contributed by atoms with Gasteiger partial charge in [0.05, 0.1) is 18.3 Å². The second-order valence-corrected chi connectivity index (χ2v) is 10.00. The molecule has 34 heavy (non-hydrogen) atoms. The van der Waals surface area contributed by atoms with Crippen LogP contribution in [-0.4, -0.2) is 50.1 Å². The molecule has 1 unspecified atom stereocenters. The maximum atomic E-state index is 13.5. The lowest BCUT2D eigenvalue weighted by atomic mass is 9.83. The predicted octanol–water partition coefficient (Wildman–Crippen LogP) is 4.88. The van der Waals surface area contributed by atoms with Crippen molar-refractivity contribution >= 4 is 28.0 Å². The number of imidazole rings is 1. The molecule has 1 aliphatic heterocycles. The SMILES string of the molecule is CCn1c(-c2nc3cc(C(=O)N4CCC5(CC5)C(C)C4)cc(OC)c3n2C)cc2cccnc21. The molecule has 1 spiro atoms. The Balaban J connectivity index is 1.43. The summed E-state index contributed by atoms with van der Waals surface area (Å²) >= 11 is 0. The van der Waals surface area contributed by atoms with Crippen LogP contribution in [0.1, 0.15) is 43.5 Å². The van der Waals surface area contributed by atoms with Crippen LogP contribution in [0.25, 0.3) is 33.6 Å². The third-order valence-corrected chi connectivity index (χ3v) is 8.20. The largest absolute Gasteiger partial charge is 0.494 e. The zero-order chi connectivity index (χ0) is 23.6. The lowest BCUT2D eigenvalue weighted by Crippen LogP contribution is -2.43. The van der Waals surface area contributed by atoms with Gasteiger partial charge in [-0.1, -0.05) is 6.92 Å². The van der Waals surface area contributed by atoms with Crippen LogP contribution in [0.2, 0.25) is 0 Å². The summed E-state index contributed by atoms with van der Waals surface area (Å²) < 4.78 is 10.0. The lowest BCUT2D eigenvalue weighted by Gasteiger charge is -2.37. The number of amides is 1. The van der Waals surface area contributed by atoms with E-state index in [1.165, 1.54) is 12.8 Å². The molecule has 1 atom stereocenters. The Kier molecular flexibility index (Phi) is 4.73. The first kappa shape index (κ1) is 21.2. The number of likely N-dealkylation sites (tertiary alicyclic amines) is 1. The van der Waals surface area contributed by atoms with Gasteiger partial charge in [-0.3, -0.25) is 4.79 Å². The van der Waals surface area contributed by atoms with Gasteiger partial charge < -0.3 is 18.8 Å². The van der Waals surface area contributed by atoms with E-state index in [0.717, 1.165) is 59.6 Å². The van der Waals surface area contributed by atoms with Crippen molar-refractivity contribution in [2.24, 2.45) is 18.4 Å². The van der Waals surface area contributed by atoms with Crippen molar-refractivity contribution < 1.29 is 9.53 Å². The fourth-order valence-electron chi connectivity index (χ4n) is 5.90. The molecule has 176 valence electrons. The third-order valence-electron chi connectivity index (χ3n) is 8.20. The molecule has 1 amide bonds. The Hall–Kier alpha value is -3.35. The van der Waals surface area contributed by atoms with E-state index in [9.17, 15) is 4.79 Å². The summed E-state index contributed by atoms with van der Waals surface area (Å²) in [6, 6.07) is 9.96. The van der Waals surface area contributed by atoms with Crippen molar-refractivity contribution in [3.63, 3.8) is 0 Å². The summed E-state index contributed by atoms with van der Waals surface area (Å²) in [5.74, 6) is 2.13. The molecule has 4 aromatic rings. The Morgan fingerprint density at radius 1 is 1.24 bits per heavy atom. The van der Waals surface area contributed by atoms with E-state index in [4.69, 9.17) is 9.72 Å². The number of hydrogen-bond acceptors (Lipinski definition) is 4. The average Bonchev–Trinajstić information content (AvgIpc) is 3.43. The minimum Gasteiger partial charge on any atom is -0.494 e. The molecule has 0 bridgehead atoms. The number of rotatable bonds is 4. The van der Waals surface area contributed by atoms with Gasteiger partial charge in [0.1, 0.15) is 16.9 Å². The van der Waals surface area contributed by atoms with E-state index < -0.39 is 0 Å². The number of carbonyl (C=O) groups excluding carboxylic acids is 1. The van der Waals surface area contributed by atoms with E-state index >= 15 is 0 Å². The first-order chi connectivity index (χ1) is 16.5. The van der Waals surface area contributed by atoms with Gasteiger partial charge in [0.25, 0.3) is 5.91 Å². The van der Waals surface area contributed by atoms with Crippen LogP contribution in [0.5, 0.6) is 5.75 Å². The molecule has 0 radical (unpaired) electrons. The second kappa shape index (κ2) is 7.58. The number of aromatic nitrogens is 4. The van der Waals surface area contributed by atoms with E-state index in [0.29, 0.717) is 22.6 Å². The predicted molar refractivity (Wildman–Crippen MR) is 133 cm³/mol. The first-order valence-corrected chi connectivity index (χ1v) is 12.2. The van der Waals surface area contributed by atoms with Crippen LogP contribution in [0, 0.1) is 11.3 Å². The number of piperidine rings is 1. The zero-order valence-corrected chi connectivity index (χ0v) is 20.3. The van der Waals surface area contributed by atoms with Crippen LogP contribution in [0.4, 0.5) is 0 Å². The summed E-state index contributed by atoms with van der Waals surface area (Å²) in [5, 5.41) is 1.09. The van der Waals surface area contributed by atoms with Crippen LogP contribution < -0.4 is 4.74 Å². The summed E-state index contributed by atoms with van der Waals surface area (Å²) in [7, 11) is 3.66. The Morgan fingerprint density at radius 2 is 2.06 bits per heavy atom. The molecule has 0 N–H and O–H groups in total. The van der Waals surface area contributed by atoms with Gasteiger partial charge in [0.2, 0.25) is 0 Å². The number of fused-ring (bicyclic) bond motifs is 2. The van der Waals surface area contributed by atoms with E-state index in [2.05, 4.69) is 40.1 Å². The minimum atomic E-state index is 0.0709. The Labute approximate surface area is 199 Å². The summed E-state index contributed by atoms with van der Waals surface area (Å²) in [6.07, 6.45) is 5.57. The van der Waals surface area contributed by atoms with Crippen molar-refractivity contribution in [2.45, 2.75) is 39.7 Å². The smallest absolute Gasteiger partial charge is 0.254 e. The lowest BCUT2D eigenvalue weighted by molar-refractivity contribution is 0.0584. The fourth-order valence-corrected chi connectivity index (χ4v) is 5.90. The zero-order valence-electron chi connectivity index (χ0n) is 20.3. The second-order valence-electron chi connectivity index (χ2n) is 10.00. The monoisotopic (exact) mass is 457 g/mol. The molecule has 3 aromatic heterocycles. The highest BCUT2D eigenvalue weighted by molar-refractivity contribution is 6.00. The number of nitrogens with zero attached hydrogens (tertiary/aromatic N) is 5. The van der Waals surface area contributed by atoms with Crippen LogP contribution in [0.3, 0.4) is 0 Å². The Bertz CT molecular complexity index is 1430. The molecule has 7 heteroatoms. The van der Waals surface area contributed by atoms with Crippen molar-refractivity contribution in [3.8, 4) is 17.3 Å². The van der Waals surface area contributed by atoms with E-state index in [1.54, 1.807) is 7.11 Å². The molecule has 1 aliphatic carbocycles. The highest BCUT2D eigenvalue weighted by Crippen LogP contribution is 2.56. The van der Waals surface area contributed by atoms with E-state index in [1.807, 2.05) is 36.3 Å². The molecule has 2 aliphatic rings. The molecule has 1 aromatic carbocycles. The third kappa shape index (κ3) is 3.06. The topological polar surface area (TPSA) is 65.2 Å². The minimum absolute atomic E-state index is 0.0709. The quantitative estimate of drug-likeness (QED) is 0.438.